The average molecular weight is 383 g/mol. The number of benzene rings is 1. The van der Waals surface area contributed by atoms with Gasteiger partial charge in [-0.05, 0) is 36.6 Å². The number of nitrogens with one attached hydrogen (secondary N) is 3. The number of anilines is 1. The van der Waals surface area contributed by atoms with Crippen LogP contribution in [-0.2, 0) is 16.0 Å². The van der Waals surface area contributed by atoms with E-state index in [1.165, 1.54) is 19.1 Å². The van der Waals surface area contributed by atoms with Gasteiger partial charge < -0.3 is 15.2 Å². The van der Waals surface area contributed by atoms with Gasteiger partial charge in [-0.15, -0.1) is 0 Å². The molecule has 146 valence electrons. The second kappa shape index (κ2) is 7.46. The molecule has 2 amide bonds. The quantitative estimate of drug-likeness (QED) is 0.647. The van der Waals surface area contributed by atoms with Crippen LogP contribution in [0.2, 0.25) is 0 Å². The molecule has 1 saturated heterocycles. The zero-order valence-electron chi connectivity index (χ0n) is 15.6. The first-order chi connectivity index (χ1) is 13.5. The molecule has 1 aliphatic rings. The van der Waals surface area contributed by atoms with Gasteiger partial charge in [0.25, 0.3) is 0 Å². The average Bonchev–Trinajstić information content (AvgIpc) is 3.28. The maximum atomic E-state index is 13.4. The number of carbonyl (C=O) groups excluding carboxylic acids is 2. The highest BCUT2D eigenvalue weighted by Gasteiger charge is 2.28. The van der Waals surface area contributed by atoms with Crippen LogP contribution in [0.5, 0.6) is 0 Å². The van der Waals surface area contributed by atoms with Crippen molar-refractivity contribution in [3.05, 3.63) is 47.7 Å². The summed E-state index contributed by atoms with van der Waals surface area (Å²) in [5.41, 5.74) is 3.08. The van der Waals surface area contributed by atoms with E-state index in [4.69, 9.17) is 0 Å². The topological polar surface area (TPSA) is 93.9 Å². The van der Waals surface area contributed by atoms with Gasteiger partial charge in [-0.1, -0.05) is 0 Å². The van der Waals surface area contributed by atoms with Crippen LogP contribution in [0.15, 0.2) is 30.6 Å². The molecule has 0 bridgehead atoms. The molecule has 3 N–H and O–H groups in total. The summed E-state index contributed by atoms with van der Waals surface area (Å²) < 4.78 is 13.4. The monoisotopic (exact) mass is 383 g/mol. The van der Waals surface area contributed by atoms with Crippen molar-refractivity contribution in [3.63, 3.8) is 0 Å². The highest BCUT2D eigenvalue weighted by molar-refractivity contribution is 5.90. The number of nitrogens with zero attached hydrogens (tertiary/aromatic N) is 2. The van der Waals surface area contributed by atoms with Gasteiger partial charge in [-0.3, -0.25) is 14.7 Å². The minimum atomic E-state index is -0.305. The number of piperidine rings is 1. The number of aromatic nitrogens is 3. The lowest BCUT2D eigenvalue weighted by molar-refractivity contribution is -0.131. The molecule has 1 aromatic carbocycles. The molecular formula is C20H22FN5O2. The molecule has 1 fully saturated rings. The number of rotatable bonds is 4. The molecule has 1 aliphatic heterocycles. The first-order valence-corrected chi connectivity index (χ1v) is 9.35. The molecule has 1 atom stereocenters. The van der Waals surface area contributed by atoms with Gasteiger partial charge in [0.1, 0.15) is 5.82 Å². The summed E-state index contributed by atoms with van der Waals surface area (Å²) in [7, 11) is 0. The lowest BCUT2D eigenvalue weighted by atomic mass is 9.93. The smallest absolute Gasteiger partial charge is 0.227 e. The number of aromatic amines is 2. The maximum absolute atomic E-state index is 13.4. The summed E-state index contributed by atoms with van der Waals surface area (Å²) in [4.78, 5) is 29.2. The fourth-order valence-corrected chi connectivity index (χ4v) is 3.92. The Balaban J connectivity index is 1.47. The van der Waals surface area contributed by atoms with E-state index in [0.717, 1.165) is 29.5 Å². The van der Waals surface area contributed by atoms with Crippen LogP contribution in [0.3, 0.4) is 0 Å². The maximum Gasteiger partial charge on any atom is 0.227 e. The fraction of sp³-hybridized carbons (Fsp3) is 0.350. The van der Waals surface area contributed by atoms with Crippen molar-refractivity contribution in [2.75, 3.05) is 18.4 Å². The number of hydrogen-bond donors (Lipinski definition) is 3. The van der Waals surface area contributed by atoms with Crippen molar-refractivity contribution >= 4 is 28.4 Å². The van der Waals surface area contributed by atoms with Crippen molar-refractivity contribution in [2.45, 2.75) is 32.1 Å². The third-order valence-electron chi connectivity index (χ3n) is 5.23. The van der Waals surface area contributed by atoms with Gasteiger partial charge in [0.15, 0.2) is 0 Å². The molecule has 2 aromatic heterocycles. The predicted octanol–water partition coefficient (Wildman–Crippen LogP) is 2.94. The molecular weight excluding hydrogens is 361 g/mol. The second-order valence-electron chi connectivity index (χ2n) is 7.24. The van der Waals surface area contributed by atoms with Gasteiger partial charge in [-0.2, -0.15) is 5.10 Å². The van der Waals surface area contributed by atoms with E-state index in [0.29, 0.717) is 24.3 Å². The van der Waals surface area contributed by atoms with Crippen LogP contribution < -0.4 is 5.32 Å². The summed E-state index contributed by atoms with van der Waals surface area (Å²) in [6, 6.07) is 4.54. The van der Waals surface area contributed by atoms with Gasteiger partial charge in [0.05, 0.1) is 24.0 Å². The first-order valence-electron chi connectivity index (χ1n) is 9.35. The second-order valence-corrected chi connectivity index (χ2v) is 7.24. The molecule has 0 saturated carbocycles. The Kier molecular flexibility index (Phi) is 4.85. The van der Waals surface area contributed by atoms with Crippen LogP contribution in [0.4, 0.5) is 10.1 Å². The van der Waals surface area contributed by atoms with Crippen LogP contribution in [-0.4, -0.2) is 45.0 Å². The summed E-state index contributed by atoms with van der Waals surface area (Å²) in [5.74, 6) is -0.322. The number of fused-ring (bicyclic) bond motifs is 1. The number of halogens is 1. The summed E-state index contributed by atoms with van der Waals surface area (Å²) in [6.45, 7) is 2.74. The SMILES string of the molecule is CC(=O)Nc1cn[nH]c1C1CCCN(C(=O)Cc2c[nH]c3cc(F)ccc23)C1. The van der Waals surface area contributed by atoms with Crippen molar-refractivity contribution in [2.24, 2.45) is 0 Å². The predicted molar refractivity (Wildman–Crippen MR) is 103 cm³/mol. The lowest BCUT2D eigenvalue weighted by Crippen LogP contribution is -2.40. The summed E-state index contributed by atoms with van der Waals surface area (Å²) in [6.07, 6.45) is 5.44. The number of hydrogen-bond acceptors (Lipinski definition) is 3. The van der Waals surface area contributed by atoms with E-state index in [2.05, 4.69) is 20.5 Å². The molecule has 3 aromatic rings. The molecule has 28 heavy (non-hydrogen) atoms. The zero-order valence-corrected chi connectivity index (χ0v) is 15.6. The standard InChI is InChI=1S/C20H22FN5O2/c1-12(27)24-18-10-23-25-20(18)13-3-2-6-26(11-13)19(28)7-14-9-22-17-8-15(21)4-5-16(14)17/h4-5,8-10,13,22H,2-3,6-7,11H2,1H3,(H,23,25)(H,24,27). The molecule has 0 radical (unpaired) electrons. The highest BCUT2D eigenvalue weighted by Crippen LogP contribution is 2.31. The number of carbonyl (C=O) groups is 2. The molecule has 4 rings (SSSR count). The van der Waals surface area contributed by atoms with Gasteiger partial charge >= 0.3 is 0 Å². The van der Waals surface area contributed by atoms with Crippen LogP contribution in [0.25, 0.3) is 10.9 Å². The number of H-pyrrole nitrogens is 2. The summed E-state index contributed by atoms with van der Waals surface area (Å²) >= 11 is 0. The van der Waals surface area contributed by atoms with Crippen LogP contribution in [0, 0.1) is 5.82 Å². The minimum Gasteiger partial charge on any atom is -0.361 e. The number of likely N-dealkylation sites (tertiary alicyclic amines) is 1. The Labute approximate surface area is 161 Å². The van der Waals surface area contributed by atoms with Crippen molar-refractivity contribution < 1.29 is 14.0 Å². The third-order valence-corrected chi connectivity index (χ3v) is 5.23. The van der Waals surface area contributed by atoms with Gasteiger partial charge in [-0.25, -0.2) is 4.39 Å². The molecule has 0 spiro atoms. The van der Waals surface area contributed by atoms with Crippen molar-refractivity contribution in [3.8, 4) is 0 Å². The van der Waals surface area contributed by atoms with E-state index in [1.54, 1.807) is 18.5 Å². The highest BCUT2D eigenvalue weighted by atomic mass is 19.1. The van der Waals surface area contributed by atoms with E-state index in [-0.39, 0.29) is 30.0 Å². The molecule has 3 heterocycles. The van der Waals surface area contributed by atoms with E-state index >= 15 is 0 Å². The van der Waals surface area contributed by atoms with Crippen LogP contribution >= 0.6 is 0 Å². The fourth-order valence-electron chi connectivity index (χ4n) is 3.92. The largest absolute Gasteiger partial charge is 0.361 e. The zero-order chi connectivity index (χ0) is 19.7. The Hall–Kier alpha value is -3.16. The van der Waals surface area contributed by atoms with Gasteiger partial charge in [0, 0.05) is 43.0 Å². The van der Waals surface area contributed by atoms with E-state index < -0.39 is 0 Å². The first kappa shape index (κ1) is 18.2. The molecule has 7 nitrogen and oxygen atoms in total. The number of amides is 2. The third kappa shape index (κ3) is 3.62. The Morgan fingerprint density at radius 1 is 1.39 bits per heavy atom. The van der Waals surface area contributed by atoms with E-state index in [1.807, 2.05) is 4.90 Å². The van der Waals surface area contributed by atoms with Gasteiger partial charge in [0.2, 0.25) is 11.8 Å². The van der Waals surface area contributed by atoms with E-state index in [9.17, 15) is 14.0 Å². The minimum absolute atomic E-state index is 0.0375. The van der Waals surface area contributed by atoms with Crippen LogP contribution in [0.1, 0.15) is 36.9 Å². The van der Waals surface area contributed by atoms with Crippen molar-refractivity contribution in [1.29, 1.82) is 0 Å². The van der Waals surface area contributed by atoms with Crippen molar-refractivity contribution in [1.82, 2.24) is 20.1 Å². The molecule has 8 heteroatoms. The Bertz CT molecular complexity index is 1020. The molecule has 0 aliphatic carbocycles. The molecule has 1 unspecified atom stereocenters. The Morgan fingerprint density at radius 3 is 3.07 bits per heavy atom. The Morgan fingerprint density at radius 2 is 2.25 bits per heavy atom. The lowest BCUT2D eigenvalue weighted by Gasteiger charge is -2.32. The normalized spacial score (nSPS) is 17.1. The summed E-state index contributed by atoms with van der Waals surface area (Å²) in [5, 5.41) is 10.7.